The van der Waals surface area contributed by atoms with Crippen LogP contribution < -0.4 is 5.32 Å². The molecule has 0 radical (unpaired) electrons. The predicted molar refractivity (Wildman–Crippen MR) is 99.9 cm³/mol. The van der Waals surface area contributed by atoms with E-state index in [1.54, 1.807) is 0 Å². The van der Waals surface area contributed by atoms with Crippen LogP contribution in [0, 0.1) is 11.5 Å². The number of amides is 1. The molecular formula is C19H24F3NO3Si. The zero-order valence-electron chi connectivity index (χ0n) is 16.0. The van der Waals surface area contributed by atoms with Gasteiger partial charge in [0.15, 0.2) is 0 Å². The van der Waals surface area contributed by atoms with Crippen LogP contribution >= 0.6 is 0 Å². The fourth-order valence-corrected chi connectivity index (χ4v) is 2.76. The fraction of sp³-hybridized carbons (Fsp3) is 0.474. The van der Waals surface area contributed by atoms with Crippen molar-refractivity contribution in [3.05, 3.63) is 35.4 Å². The quantitative estimate of drug-likeness (QED) is 0.585. The SMILES string of the molecule is CC(C)(C)[Si](C)(C)C#CC[C@H](NC(=O)c1cccc(C(F)(F)F)c1)C(=O)O. The van der Waals surface area contributed by atoms with Crippen molar-refractivity contribution < 1.29 is 27.9 Å². The Labute approximate surface area is 158 Å². The largest absolute Gasteiger partial charge is 0.480 e. The first-order valence-electron chi connectivity index (χ1n) is 8.36. The number of carbonyl (C=O) groups excluding carboxylic acids is 1. The molecule has 1 aromatic rings. The highest BCUT2D eigenvalue weighted by Gasteiger charge is 2.34. The molecule has 1 aromatic carbocycles. The number of hydrogen-bond donors (Lipinski definition) is 2. The number of carbonyl (C=O) groups is 2. The zero-order chi connectivity index (χ0) is 21.0. The van der Waals surface area contributed by atoms with Crippen molar-refractivity contribution >= 4 is 20.0 Å². The molecule has 2 N–H and O–H groups in total. The third kappa shape index (κ3) is 6.43. The lowest BCUT2D eigenvalue weighted by Gasteiger charge is -2.31. The van der Waals surface area contributed by atoms with Crippen molar-refractivity contribution in [3.63, 3.8) is 0 Å². The highest BCUT2D eigenvalue weighted by molar-refractivity contribution is 6.87. The molecule has 0 heterocycles. The molecule has 0 saturated carbocycles. The van der Waals surface area contributed by atoms with Crippen LogP contribution in [0.15, 0.2) is 24.3 Å². The number of halogens is 3. The van der Waals surface area contributed by atoms with Gasteiger partial charge < -0.3 is 10.4 Å². The Morgan fingerprint density at radius 2 is 1.81 bits per heavy atom. The summed E-state index contributed by atoms with van der Waals surface area (Å²) in [5.41, 5.74) is 1.92. The summed E-state index contributed by atoms with van der Waals surface area (Å²) >= 11 is 0. The predicted octanol–water partition coefficient (Wildman–Crippen LogP) is 4.33. The number of rotatable bonds is 4. The molecular weight excluding hydrogens is 375 g/mol. The molecule has 1 rings (SSSR count). The Morgan fingerprint density at radius 3 is 2.30 bits per heavy atom. The van der Waals surface area contributed by atoms with Gasteiger partial charge in [-0.15, -0.1) is 11.5 Å². The number of alkyl halides is 3. The second-order valence-electron chi connectivity index (χ2n) is 7.82. The third-order valence-corrected chi connectivity index (χ3v) is 9.19. The van der Waals surface area contributed by atoms with Gasteiger partial charge in [0, 0.05) is 12.0 Å². The number of benzene rings is 1. The monoisotopic (exact) mass is 399 g/mol. The summed E-state index contributed by atoms with van der Waals surface area (Å²) in [6.45, 7) is 10.3. The van der Waals surface area contributed by atoms with Crippen LogP contribution in [0.2, 0.25) is 18.1 Å². The van der Waals surface area contributed by atoms with Crippen molar-refractivity contribution in [2.45, 2.75) is 57.5 Å². The maximum absolute atomic E-state index is 12.8. The van der Waals surface area contributed by atoms with Crippen molar-refractivity contribution in [2.75, 3.05) is 0 Å². The Balaban J connectivity index is 2.94. The first kappa shape index (κ1) is 22.8. The van der Waals surface area contributed by atoms with Gasteiger partial charge in [0.05, 0.1) is 5.56 Å². The molecule has 4 nitrogen and oxygen atoms in total. The van der Waals surface area contributed by atoms with Gasteiger partial charge in [0.2, 0.25) is 0 Å². The van der Waals surface area contributed by atoms with Crippen molar-refractivity contribution in [3.8, 4) is 11.5 Å². The van der Waals surface area contributed by atoms with E-state index in [9.17, 15) is 27.9 Å². The maximum atomic E-state index is 12.8. The summed E-state index contributed by atoms with van der Waals surface area (Å²) in [4.78, 5) is 23.6. The van der Waals surface area contributed by atoms with Gasteiger partial charge in [-0.1, -0.05) is 39.9 Å². The van der Waals surface area contributed by atoms with E-state index in [2.05, 4.69) is 50.6 Å². The lowest BCUT2D eigenvalue weighted by atomic mass is 10.1. The molecule has 0 spiro atoms. The van der Waals surface area contributed by atoms with Crippen LogP contribution in [0.3, 0.4) is 0 Å². The van der Waals surface area contributed by atoms with Gasteiger partial charge in [0.25, 0.3) is 5.91 Å². The van der Waals surface area contributed by atoms with E-state index in [0.29, 0.717) is 6.07 Å². The van der Waals surface area contributed by atoms with E-state index in [1.807, 2.05) is 0 Å². The number of hydrogen-bond acceptors (Lipinski definition) is 2. The van der Waals surface area contributed by atoms with Gasteiger partial charge in [-0.2, -0.15) is 13.2 Å². The highest BCUT2D eigenvalue weighted by Crippen LogP contribution is 2.35. The second kappa shape index (κ2) is 8.17. The summed E-state index contributed by atoms with van der Waals surface area (Å²) < 4.78 is 38.3. The van der Waals surface area contributed by atoms with E-state index in [-0.39, 0.29) is 17.0 Å². The van der Waals surface area contributed by atoms with Crippen LogP contribution in [-0.2, 0) is 11.0 Å². The first-order valence-corrected chi connectivity index (χ1v) is 11.4. The highest BCUT2D eigenvalue weighted by atomic mass is 28.3. The smallest absolute Gasteiger partial charge is 0.416 e. The molecule has 0 aliphatic rings. The third-order valence-electron chi connectivity index (χ3n) is 4.64. The molecule has 27 heavy (non-hydrogen) atoms. The average molecular weight is 399 g/mol. The molecule has 0 bridgehead atoms. The van der Waals surface area contributed by atoms with E-state index in [0.717, 1.165) is 12.1 Å². The molecule has 0 fully saturated rings. The Bertz CT molecular complexity index is 771. The fourth-order valence-electron chi connectivity index (χ4n) is 1.84. The molecule has 0 aromatic heterocycles. The Hall–Kier alpha value is -2.27. The lowest BCUT2D eigenvalue weighted by molar-refractivity contribution is -0.139. The standard InChI is InChI=1S/C19H24F3NO3Si/c1-18(2,3)27(4,5)11-7-10-15(17(25)26)23-16(24)13-8-6-9-14(12-13)19(20,21)22/h6,8-9,12,15H,10H2,1-5H3,(H,23,24)(H,25,26)/t15-/m0/s1. The van der Waals surface area contributed by atoms with Gasteiger partial charge in [-0.25, -0.2) is 4.79 Å². The summed E-state index contributed by atoms with van der Waals surface area (Å²) in [6, 6.07) is 2.53. The van der Waals surface area contributed by atoms with Crippen LogP contribution in [0.1, 0.15) is 43.1 Å². The first-order chi connectivity index (χ1) is 12.1. The minimum Gasteiger partial charge on any atom is -0.480 e. The van der Waals surface area contributed by atoms with Crippen molar-refractivity contribution in [1.82, 2.24) is 5.32 Å². The summed E-state index contributed by atoms with van der Waals surface area (Å²) in [5.74, 6) is 0.664. The van der Waals surface area contributed by atoms with Crippen LogP contribution in [0.5, 0.6) is 0 Å². The molecule has 0 saturated heterocycles. The van der Waals surface area contributed by atoms with Gasteiger partial charge >= 0.3 is 12.1 Å². The summed E-state index contributed by atoms with van der Waals surface area (Å²) in [5, 5.41) is 11.5. The molecule has 0 aliphatic heterocycles. The number of aliphatic carboxylic acids is 1. The number of nitrogens with one attached hydrogen (secondary N) is 1. The molecule has 0 aliphatic carbocycles. The minimum absolute atomic E-state index is 0.00000262. The van der Waals surface area contributed by atoms with Gasteiger partial charge in [0.1, 0.15) is 14.1 Å². The summed E-state index contributed by atoms with van der Waals surface area (Å²) in [7, 11) is -1.93. The van der Waals surface area contributed by atoms with E-state index in [1.165, 1.54) is 6.07 Å². The van der Waals surface area contributed by atoms with Crippen LogP contribution in [0.25, 0.3) is 0 Å². The second-order valence-corrected chi connectivity index (χ2v) is 12.8. The van der Waals surface area contributed by atoms with Crippen molar-refractivity contribution in [2.24, 2.45) is 0 Å². The molecule has 0 unspecified atom stereocenters. The topological polar surface area (TPSA) is 66.4 Å². The minimum atomic E-state index is -4.59. The normalized spacial score (nSPS) is 13.3. The van der Waals surface area contributed by atoms with Crippen LogP contribution in [-0.4, -0.2) is 31.1 Å². The van der Waals surface area contributed by atoms with E-state index < -0.39 is 37.7 Å². The molecule has 8 heteroatoms. The number of carboxylic acid groups (broad SMARTS) is 1. The van der Waals surface area contributed by atoms with E-state index in [4.69, 9.17) is 0 Å². The van der Waals surface area contributed by atoms with E-state index >= 15 is 0 Å². The van der Waals surface area contributed by atoms with Gasteiger partial charge in [-0.05, 0) is 23.2 Å². The molecule has 148 valence electrons. The lowest BCUT2D eigenvalue weighted by Crippen LogP contribution is -2.41. The van der Waals surface area contributed by atoms with Crippen molar-refractivity contribution in [1.29, 1.82) is 0 Å². The summed E-state index contributed by atoms with van der Waals surface area (Å²) in [6.07, 6.45) is -4.70. The number of carboxylic acids is 1. The Kier molecular flexibility index (Phi) is 6.89. The zero-order valence-corrected chi connectivity index (χ0v) is 17.0. The molecule has 1 amide bonds. The Morgan fingerprint density at radius 1 is 1.22 bits per heavy atom. The maximum Gasteiger partial charge on any atom is 0.416 e. The molecule has 1 atom stereocenters. The average Bonchev–Trinajstić information content (AvgIpc) is 2.51. The van der Waals surface area contributed by atoms with Crippen LogP contribution in [0.4, 0.5) is 13.2 Å². The van der Waals surface area contributed by atoms with Gasteiger partial charge in [-0.3, -0.25) is 4.79 Å².